The number of aliphatic imine (C=N–C) groups is 1. The maximum Gasteiger partial charge on any atom is 0.305 e. The van der Waals surface area contributed by atoms with Gasteiger partial charge in [0.25, 0.3) is 11.5 Å². The second-order valence-corrected chi connectivity index (χ2v) is 14.5. The number of carbonyl (C=O) groups excluding carboxylic acids is 6. The third-order valence-corrected chi connectivity index (χ3v) is 9.17. The number of carboxylic acids is 3. The molecule has 0 bridgehead atoms. The van der Waals surface area contributed by atoms with E-state index in [0.717, 1.165) is 7.05 Å². The number of H-pyrrole nitrogens is 1. The molecule has 0 aliphatic rings. The van der Waals surface area contributed by atoms with Crippen molar-refractivity contribution in [2.45, 2.75) is 88.6 Å². The average molecular weight is 926 g/mol. The van der Waals surface area contributed by atoms with Gasteiger partial charge in [0, 0.05) is 37.3 Å². The molecule has 3 aromatic rings. The van der Waals surface area contributed by atoms with Gasteiger partial charge in [0.1, 0.15) is 24.2 Å². The van der Waals surface area contributed by atoms with Crippen molar-refractivity contribution in [1.82, 2.24) is 51.8 Å². The maximum atomic E-state index is 13.5. The Labute approximate surface area is 373 Å². The number of aromatic nitrogens is 4. The fourth-order valence-electron chi connectivity index (χ4n) is 5.90. The molecular formula is C38H51N15O13. The van der Waals surface area contributed by atoms with Crippen LogP contribution in [0.25, 0.3) is 11.2 Å². The lowest BCUT2D eigenvalue weighted by Gasteiger charge is -2.25. The Morgan fingerprint density at radius 2 is 1.29 bits per heavy atom. The Hall–Kier alpha value is -8.46. The number of amides is 6. The van der Waals surface area contributed by atoms with E-state index in [2.05, 4.69) is 62.1 Å². The number of nitrogens with one attached hydrogen (secondary N) is 8. The molecule has 28 heteroatoms. The molecule has 0 saturated carbocycles. The van der Waals surface area contributed by atoms with E-state index in [1.54, 1.807) is 19.1 Å². The van der Waals surface area contributed by atoms with Crippen molar-refractivity contribution in [2.75, 3.05) is 24.6 Å². The second kappa shape index (κ2) is 25.0. The Balaban J connectivity index is 1.62. The summed E-state index contributed by atoms with van der Waals surface area (Å²) < 4.78 is 0. The fraction of sp³-hybridized carbons (Fsp3) is 0.421. The van der Waals surface area contributed by atoms with Crippen LogP contribution in [0.1, 0.15) is 67.9 Å². The predicted octanol–water partition coefficient (Wildman–Crippen LogP) is -4.03. The van der Waals surface area contributed by atoms with Crippen molar-refractivity contribution < 1.29 is 58.5 Å². The number of likely N-dealkylation sites (N-methyl/N-ethyl adjacent to an activating group) is 1. The summed E-state index contributed by atoms with van der Waals surface area (Å²) in [5.74, 6) is -10.8. The third kappa shape index (κ3) is 17.4. The van der Waals surface area contributed by atoms with Crippen molar-refractivity contribution in [3.63, 3.8) is 0 Å². The number of carboxylic acid groups (broad SMARTS) is 3. The molecule has 66 heavy (non-hydrogen) atoms. The van der Waals surface area contributed by atoms with E-state index in [0.29, 0.717) is 11.4 Å². The molecule has 2 heterocycles. The van der Waals surface area contributed by atoms with Gasteiger partial charge < -0.3 is 69.7 Å². The number of benzene rings is 1. The zero-order chi connectivity index (χ0) is 49.1. The first-order valence-electron chi connectivity index (χ1n) is 19.9. The zero-order valence-electron chi connectivity index (χ0n) is 35.6. The quantitative estimate of drug-likeness (QED) is 0.0207. The molecule has 17 N–H and O–H groups in total. The molecule has 0 spiro atoms. The van der Waals surface area contributed by atoms with Crippen molar-refractivity contribution in [3.8, 4) is 0 Å². The van der Waals surface area contributed by atoms with E-state index in [1.165, 1.54) is 18.3 Å². The van der Waals surface area contributed by atoms with Crippen LogP contribution in [0.4, 0.5) is 11.6 Å². The molecule has 2 unspecified atom stereocenters. The van der Waals surface area contributed by atoms with E-state index < -0.39 is 108 Å². The molecule has 356 valence electrons. The van der Waals surface area contributed by atoms with E-state index in [1.807, 2.05) is 0 Å². The number of fused-ring (bicyclic) bond motifs is 1. The lowest BCUT2D eigenvalue weighted by molar-refractivity contribution is -0.143. The Morgan fingerprint density at radius 1 is 0.742 bits per heavy atom. The molecular weight excluding hydrogens is 875 g/mol. The molecule has 1 aromatic carbocycles. The minimum absolute atomic E-state index is 0.00488. The summed E-state index contributed by atoms with van der Waals surface area (Å²) in [4.78, 5) is 143. The van der Waals surface area contributed by atoms with E-state index in [9.17, 15) is 58.2 Å². The van der Waals surface area contributed by atoms with Gasteiger partial charge in [0.15, 0.2) is 17.1 Å². The number of carbonyl (C=O) groups is 9. The molecule has 6 amide bonds. The van der Waals surface area contributed by atoms with Crippen LogP contribution in [0, 0.1) is 0 Å². The molecule has 0 aliphatic carbocycles. The Kier molecular flexibility index (Phi) is 19.6. The molecule has 0 saturated heterocycles. The van der Waals surface area contributed by atoms with Crippen LogP contribution in [0.15, 0.2) is 40.2 Å². The fourth-order valence-corrected chi connectivity index (χ4v) is 5.90. The number of hydrogen-bond acceptors (Lipinski definition) is 16. The van der Waals surface area contributed by atoms with Gasteiger partial charge >= 0.3 is 17.9 Å². The lowest BCUT2D eigenvalue weighted by atomic mass is 10.1. The number of rotatable bonds is 26. The number of nitrogen functional groups attached to an aromatic ring is 1. The molecule has 28 nitrogen and oxygen atoms in total. The van der Waals surface area contributed by atoms with Gasteiger partial charge in [0.2, 0.25) is 35.5 Å². The minimum Gasteiger partial charge on any atom is -0.481 e. The van der Waals surface area contributed by atoms with Gasteiger partial charge in [-0.3, -0.25) is 57.9 Å². The van der Waals surface area contributed by atoms with Gasteiger partial charge in [-0.25, -0.2) is 9.97 Å². The first-order valence-corrected chi connectivity index (χ1v) is 19.9. The maximum absolute atomic E-state index is 13.5. The van der Waals surface area contributed by atoms with E-state index in [4.69, 9.17) is 22.3 Å². The van der Waals surface area contributed by atoms with E-state index >= 15 is 0 Å². The smallest absolute Gasteiger partial charge is 0.305 e. The number of aromatic amines is 1. The SMILES string of the molecule is CNC(=O)C(CC(=O)O)NC(=O)[C@H](CC(=O)O)NC(=O)C(CCCN=C(N)N)NC(=O)[C@H](CC(=O)O)NC(=O)CC[C@@H](C)NC(=O)c1ccc(NCc2cnc3nc(N)[nH]c(=O)c3n2)cc1. The number of nitrogens with zero attached hydrogens (tertiary/aromatic N) is 4. The highest BCUT2D eigenvalue weighted by Crippen LogP contribution is 2.13. The second-order valence-electron chi connectivity index (χ2n) is 14.5. The van der Waals surface area contributed by atoms with Gasteiger partial charge in [0.05, 0.1) is 37.7 Å². The molecule has 0 aliphatic heterocycles. The normalized spacial score (nSPS) is 13.0. The number of aliphatic carboxylic acids is 3. The number of hydrogen-bond donors (Lipinski definition) is 14. The molecule has 0 radical (unpaired) electrons. The van der Waals surface area contributed by atoms with Crippen LogP contribution in [0.5, 0.6) is 0 Å². The van der Waals surface area contributed by atoms with Crippen LogP contribution in [-0.2, 0) is 44.9 Å². The van der Waals surface area contributed by atoms with Crippen molar-refractivity contribution in [2.24, 2.45) is 16.5 Å². The Morgan fingerprint density at radius 3 is 1.85 bits per heavy atom. The highest BCUT2D eigenvalue weighted by Gasteiger charge is 2.33. The van der Waals surface area contributed by atoms with Gasteiger partial charge in [-0.15, -0.1) is 0 Å². The highest BCUT2D eigenvalue weighted by atomic mass is 16.4. The van der Waals surface area contributed by atoms with Crippen molar-refractivity contribution >= 4 is 82.1 Å². The Bertz CT molecular complexity index is 2370. The van der Waals surface area contributed by atoms with Crippen LogP contribution < -0.4 is 60.0 Å². The van der Waals surface area contributed by atoms with Crippen LogP contribution in [0.2, 0.25) is 0 Å². The van der Waals surface area contributed by atoms with Crippen LogP contribution >= 0.6 is 0 Å². The summed E-state index contributed by atoms with van der Waals surface area (Å²) in [7, 11) is 1.16. The molecule has 5 atom stereocenters. The van der Waals surface area contributed by atoms with Crippen molar-refractivity contribution in [3.05, 3.63) is 52.1 Å². The van der Waals surface area contributed by atoms with Crippen LogP contribution in [-0.4, -0.2) is 138 Å². The summed E-state index contributed by atoms with van der Waals surface area (Å²) in [6.07, 6.45) is -1.99. The van der Waals surface area contributed by atoms with Crippen LogP contribution in [0.3, 0.4) is 0 Å². The monoisotopic (exact) mass is 925 g/mol. The summed E-state index contributed by atoms with van der Waals surface area (Å²) in [6, 6.07) is -1.20. The summed E-state index contributed by atoms with van der Waals surface area (Å²) in [5.41, 5.74) is 17.1. The third-order valence-electron chi connectivity index (χ3n) is 9.17. The van der Waals surface area contributed by atoms with Crippen molar-refractivity contribution in [1.29, 1.82) is 0 Å². The van der Waals surface area contributed by atoms with Gasteiger partial charge in [-0.1, -0.05) is 0 Å². The first kappa shape index (κ1) is 51.9. The summed E-state index contributed by atoms with van der Waals surface area (Å²) in [5, 5.41) is 45.0. The van der Waals surface area contributed by atoms with Gasteiger partial charge in [-0.2, -0.15) is 4.98 Å². The minimum atomic E-state index is -1.90. The standard InChI is InChI=1S/C38H51N15O13/c1-17(46-31(61)18-6-8-19(9-7-18)44-15-20-16-45-30-29(47-20)36(66)53-38(41)52-30)5-10-25(54)48-23(13-27(57)58)34(64)49-21(4-3-11-43-37(39)40)33(63)51-24(14-28(59)60)35(65)50-22(12-26(55)56)32(62)42-2/h6-9,16-17,21-24,44H,3-5,10-15H2,1-2H3,(H,42,62)(H,46,61)(H,48,54)(H,49,64)(H,50,65)(H,51,63)(H,55,56)(H,57,58)(H,59,60)(H4,39,40,43)(H3,41,45,52,53,66)/t17-,21?,22?,23+,24+/m1/s1. The number of nitrogens with two attached hydrogens (primary N) is 3. The number of guanidine groups is 1. The summed E-state index contributed by atoms with van der Waals surface area (Å²) >= 11 is 0. The molecule has 3 rings (SSSR count). The first-order chi connectivity index (χ1) is 31.1. The highest BCUT2D eigenvalue weighted by molar-refractivity contribution is 5.98. The number of anilines is 2. The van der Waals surface area contributed by atoms with Gasteiger partial charge in [-0.05, 0) is 50.5 Å². The average Bonchev–Trinajstić information content (AvgIpc) is 3.24. The molecule has 2 aromatic heterocycles. The topological polar surface area (TPSA) is 460 Å². The predicted molar refractivity (Wildman–Crippen MR) is 231 cm³/mol. The van der Waals surface area contributed by atoms with E-state index in [-0.39, 0.29) is 67.4 Å². The lowest BCUT2D eigenvalue weighted by Crippen LogP contribution is -2.58. The largest absolute Gasteiger partial charge is 0.481 e. The zero-order valence-corrected chi connectivity index (χ0v) is 35.6. The molecule has 0 fully saturated rings. The summed E-state index contributed by atoms with van der Waals surface area (Å²) in [6.45, 7) is 1.72.